The monoisotopic (exact) mass is 178 g/mol. The molecule has 0 saturated heterocycles. The van der Waals surface area contributed by atoms with Gasteiger partial charge in [0.05, 0.1) is 0 Å². The van der Waals surface area contributed by atoms with Crippen molar-refractivity contribution in [3.63, 3.8) is 0 Å². The predicted octanol–water partition coefficient (Wildman–Crippen LogP) is 1.67. The van der Waals surface area contributed by atoms with Gasteiger partial charge in [-0.25, -0.2) is 0 Å². The SMILES string of the molecule is C=C[SiH](O)CCc1ccccc1. The van der Waals surface area contributed by atoms with Crippen molar-refractivity contribution in [3.8, 4) is 0 Å². The summed E-state index contributed by atoms with van der Waals surface area (Å²) in [4.78, 5) is 9.34. The molecule has 1 nitrogen and oxygen atoms in total. The average molecular weight is 178 g/mol. The van der Waals surface area contributed by atoms with E-state index < -0.39 is 9.04 Å². The highest BCUT2D eigenvalue weighted by Gasteiger charge is 2.00. The molecule has 0 saturated carbocycles. The fourth-order valence-corrected chi connectivity index (χ4v) is 1.94. The first-order valence-corrected chi connectivity index (χ1v) is 6.17. The minimum absolute atomic E-state index is 0.896. The molecule has 64 valence electrons. The third-order valence-electron chi connectivity index (χ3n) is 1.84. The summed E-state index contributed by atoms with van der Waals surface area (Å²) in [6, 6.07) is 11.1. The van der Waals surface area contributed by atoms with Gasteiger partial charge in [0.1, 0.15) is 0 Å². The van der Waals surface area contributed by atoms with Crippen LogP contribution < -0.4 is 0 Å². The van der Waals surface area contributed by atoms with Crippen LogP contribution in [-0.4, -0.2) is 13.8 Å². The quantitative estimate of drug-likeness (QED) is 0.695. The summed E-state index contributed by atoms with van der Waals surface area (Å²) in [5.74, 6) is 0. The summed E-state index contributed by atoms with van der Waals surface area (Å²) in [6.45, 7) is 3.58. The van der Waals surface area contributed by atoms with E-state index in [-0.39, 0.29) is 0 Å². The van der Waals surface area contributed by atoms with Crippen LogP contribution in [0, 0.1) is 0 Å². The van der Waals surface area contributed by atoms with Crippen LogP contribution in [0.2, 0.25) is 6.04 Å². The van der Waals surface area contributed by atoms with Crippen LogP contribution in [0.4, 0.5) is 0 Å². The van der Waals surface area contributed by atoms with Gasteiger partial charge < -0.3 is 4.80 Å². The maximum absolute atomic E-state index is 9.34. The van der Waals surface area contributed by atoms with Crippen LogP contribution in [0.1, 0.15) is 5.56 Å². The molecule has 12 heavy (non-hydrogen) atoms. The smallest absolute Gasteiger partial charge is 0.196 e. The zero-order valence-electron chi connectivity index (χ0n) is 7.11. The lowest BCUT2D eigenvalue weighted by Crippen LogP contribution is -2.08. The van der Waals surface area contributed by atoms with Crippen molar-refractivity contribution in [2.75, 3.05) is 0 Å². The third kappa shape index (κ3) is 3.03. The molecule has 1 aromatic carbocycles. The molecular formula is C10H14OSi. The van der Waals surface area contributed by atoms with E-state index in [1.165, 1.54) is 5.56 Å². The van der Waals surface area contributed by atoms with E-state index in [9.17, 15) is 4.80 Å². The van der Waals surface area contributed by atoms with Gasteiger partial charge in [-0.05, 0) is 18.0 Å². The summed E-state index contributed by atoms with van der Waals surface area (Å²) < 4.78 is 0. The van der Waals surface area contributed by atoms with E-state index in [0.29, 0.717) is 0 Å². The predicted molar refractivity (Wildman–Crippen MR) is 54.5 cm³/mol. The van der Waals surface area contributed by atoms with E-state index >= 15 is 0 Å². The number of hydrogen-bond acceptors (Lipinski definition) is 1. The number of benzene rings is 1. The summed E-state index contributed by atoms with van der Waals surface area (Å²) in [5.41, 5.74) is 3.01. The Bertz CT molecular complexity index is 233. The summed E-state index contributed by atoms with van der Waals surface area (Å²) >= 11 is 0. The zero-order chi connectivity index (χ0) is 8.81. The Kier molecular flexibility index (Phi) is 3.77. The van der Waals surface area contributed by atoms with Crippen molar-refractivity contribution in [2.45, 2.75) is 12.5 Å². The number of rotatable bonds is 4. The first kappa shape index (κ1) is 9.23. The standard InChI is InChI=1S/C10H14OSi/c1-2-12(11)9-8-10-6-4-3-5-7-10/h2-7,11-12H,1,8-9H2. The lowest BCUT2D eigenvalue weighted by molar-refractivity contribution is 0.581. The van der Waals surface area contributed by atoms with E-state index in [0.717, 1.165) is 12.5 Å². The Balaban J connectivity index is 2.38. The molecule has 1 unspecified atom stereocenters. The second-order valence-corrected chi connectivity index (χ2v) is 5.01. The van der Waals surface area contributed by atoms with E-state index in [1.54, 1.807) is 5.70 Å². The van der Waals surface area contributed by atoms with Gasteiger partial charge >= 0.3 is 0 Å². The van der Waals surface area contributed by atoms with Crippen LogP contribution in [0.5, 0.6) is 0 Å². The highest BCUT2D eigenvalue weighted by molar-refractivity contribution is 6.56. The van der Waals surface area contributed by atoms with Gasteiger partial charge in [0.2, 0.25) is 0 Å². The molecule has 0 fully saturated rings. The molecule has 0 aromatic heterocycles. The van der Waals surface area contributed by atoms with Gasteiger partial charge in [-0.15, -0.1) is 6.58 Å². The molecule has 0 radical (unpaired) electrons. The van der Waals surface area contributed by atoms with Gasteiger partial charge in [-0.2, -0.15) is 0 Å². The van der Waals surface area contributed by atoms with Gasteiger partial charge in [0.15, 0.2) is 9.04 Å². The normalized spacial score (nSPS) is 12.4. The Morgan fingerprint density at radius 3 is 2.58 bits per heavy atom. The molecule has 2 heteroatoms. The van der Waals surface area contributed by atoms with Gasteiger partial charge in [-0.1, -0.05) is 36.0 Å². The fourth-order valence-electron chi connectivity index (χ4n) is 1.08. The average Bonchev–Trinajstić information content (AvgIpc) is 2.16. The topological polar surface area (TPSA) is 20.2 Å². The second-order valence-electron chi connectivity index (χ2n) is 2.83. The molecule has 0 aliphatic carbocycles. The zero-order valence-corrected chi connectivity index (χ0v) is 8.26. The highest BCUT2D eigenvalue weighted by Crippen LogP contribution is 2.04. The Labute approximate surface area is 75.1 Å². The third-order valence-corrected chi connectivity index (χ3v) is 3.27. The molecule has 1 N–H and O–H groups in total. The van der Waals surface area contributed by atoms with Crippen molar-refractivity contribution in [1.29, 1.82) is 0 Å². The van der Waals surface area contributed by atoms with Crippen LogP contribution in [-0.2, 0) is 6.42 Å². The van der Waals surface area contributed by atoms with E-state index in [2.05, 4.69) is 18.7 Å². The van der Waals surface area contributed by atoms with Crippen molar-refractivity contribution in [1.82, 2.24) is 0 Å². The lowest BCUT2D eigenvalue weighted by atomic mass is 10.2. The second kappa shape index (κ2) is 4.90. The van der Waals surface area contributed by atoms with Crippen LogP contribution in [0.25, 0.3) is 0 Å². The van der Waals surface area contributed by atoms with Gasteiger partial charge in [0, 0.05) is 0 Å². The molecule has 0 heterocycles. The first-order valence-electron chi connectivity index (χ1n) is 4.17. The molecule has 0 aliphatic heterocycles. The molecule has 1 aromatic rings. The maximum atomic E-state index is 9.34. The van der Waals surface area contributed by atoms with Crippen molar-refractivity contribution in [3.05, 3.63) is 48.2 Å². The van der Waals surface area contributed by atoms with Crippen molar-refractivity contribution < 1.29 is 4.80 Å². The molecule has 1 rings (SSSR count). The van der Waals surface area contributed by atoms with Crippen LogP contribution in [0.15, 0.2) is 42.6 Å². The van der Waals surface area contributed by atoms with Crippen molar-refractivity contribution >= 4 is 9.04 Å². The highest BCUT2D eigenvalue weighted by atomic mass is 28.3. The summed E-state index contributed by atoms with van der Waals surface area (Å²) in [7, 11) is -1.59. The lowest BCUT2D eigenvalue weighted by Gasteiger charge is -2.02. The molecular weight excluding hydrogens is 164 g/mol. The summed E-state index contributed by atoms with van der Waals surface area (Å²) in [5, 5.41) is 0. The van der Waals surface area contributed by atoms with Gasteiger partial charge in [0.25, 0.3) is 0 Å². The summed E-state index contributed by atoms with van der Waals surface area (Å²) in [6.07, 6.45) is 0.972. The Hall–Kier alpha value is -0.863. The van der Waals surface area contributed by atoms with Crippen LogP contribution in [0.3, 0.4) is 0 Å². The van der Waals surface area contributed by atoms with Crippen molar-refractivity contribution in [2.24, 2.45) is 0 Å². The Morgan fingerprint density at radius 1 is 1.33 bits per heavy atom. The molecule has 0 aliphatic rings. The molecule has 1 atom stereocenters. The van der Waals surface area contributed by atoms with E-state index in [4.69, 9.17) is 0 Å². The fraction of sp³-hybridized carbons (Fsp3) is 0.200. The minimum Gasteiger partial charge on any atom is -0.431 e. The molecule has 0 spiro atoms. The number of hydrogen-bond donors (Lipinski definition) is 1. The maximum Gasteiger partial charge on any atom is 0.196 e. The minimum atomic E-state index is -1.59. The molecule has 0 amide bonds. The first-order chi connectivity index (χ1) is 5.83. The van der Waals surface area contributed by atoms with Gasteiger partial charge in [-0.3, -0.25) is 0 Å². The van der Waals surface area contributed by atoms with E-state index in [1.807, 2.05) is 18.2 Å². The molecule has 0 bridgehead atoms. The Morgan fingerprint density at radius 2 is 2.00 bits per heavy atom. The largest absolute Gasteiger partial charge is 0.431 e. The van der Waals surface area contributed by atoms with Crippen LogP contribution >= 0.6 is 0 Å². The number of aryl methyl sites for hydroxylation is 1.